The van der Waals surface area contributed by atoms with Gasteiger partial charge in [0.25, 0.3) is 5.91 Å². The molecular weight excluding hydrogens is 559 g/mol. The van der Waals surface area contributed by atoms with Crippen LogP contribution in [0.3, 0.4) is 0 Å². The van der Waals surface area contributed by atoms with Crippen LogP contribution in [0.4, 0.5) is 0 Å². The molecule has 3 rings (SSSR count). The molecule has 154 valence electrons. The first-order valence-electron chi connectivity index (χ1n) is 9.28. The van der Waals surface area contributed by atoms with Gasteiger partial charge in [-0.05, 0) is 89.2 Å². The zero-order valence-corrected chi connectivity index (χ0v) is 20.0. The Morgan fingerprint density at radius 1 is 1.07 bits per heavy atom. The summed E-state index contributed by atoms with van der Waals surface area (Å²) in [6.07, 6.45) is 1.58. The highest BCUT2D eigenvalue weighted by molar-refractivity contribution is 14.1. The number of hydrazone groups is 1. The Morgan fingerprint density at radius 3 is 2.60 bits per heavy atom. The van der Waals surface area contributed by atoms with E-state index in [0.717, 1.165) is 19.2 Å². The lowest BCUT2D eigenvalue weighted by molar-refractivity contribution is 0.0955. The van der Waals surface area contributed by atoms with E-state index in [9.17, 15) is 4.79 Å². The molecule has 0 saturated carbocycles. The zero-order valence-electron chi connectivity index (χ0n) is 16.3. The van der Waals surface area contributed by atoms with Gasteiger partial charge in [-0.3, -0.25) is 4.79 Å². The Bertz CT molecular complexity index is 1040. The van der Waals surface area contributed by atoms with Gasteiger partial charge in [0.05, 0.1) is 12.8 Å². The average molecular weight is 579 g/mol. The second kappa shape index (κ2) is 11.1. The minimum atomic E-state index is -0.260. The van der Waals surface area contributed by atoms with Gasteiger partial charge in [0.2, 0.25) is 0 Å². The molecule has 3 aromatic rings. The fraction of sp³-hybridized carbons (Fsp3) is 0.130. The molecular formula is C23H20BrIN2O3. The Kier molecular flexibility index (Phi) is 8.27. The van der Waals surface area contributed by atoms with E-state index in [1.54, 1.807) is 18.3 Å². The molecule has 0 aromatic heterocycles. The van der Waals surface area contributed by atoms with Gasteiger partial charge in [0, 0.05) is 13.6 Å². The number of ether oxygens (including phenoxy) is 2. The largest absolute Gasteiger partial charge is 0.490 e. The van der Waals surface area contributed by atoms with Crippen LogP contribution in [0.1, 0.15) is 28.4 Å². The third kappa shape index (κ3) is 6.56. The summed E-state index contributed by atoms with van der Waals surface area (Å²) in [4.78, 5) is 12.2. The van der Waals surface area contributed by atoms with E-state index in [4.69, 9.17) is 9.47 Å². The van der Waals surface area contributed by atoms with Crippen molar-refractivity contribution in [1.82, 2.24) is 5.43 Å². The summed E-state index contributed by atoms with van der Waals surface area (Å²) in [5.74, 6) is 1.02. The van der Waals surface area contributed by atoms with Gasteiger partial charge in [-0.1, -0.05) is 34.1 Å². The maximum Gasteiger partial charge on any atom is 0.271 e. The van der Waals surface area contributed by atoms with Gasteiger partial charge >= 0.3 is 0 Å². The molecule has 5 nitrogen and oxygen atoms in total. The van der Waals surface area contributed by atoms with Crippen LogP contribution < -0.4 is 14.9 Å². The standard InChI is InChI=1S/C23H20BrIN2O3/c1-2-29-22-12-17(14-26-27-23(28)18-4-3-5-20(25)13-18)8-11-21(22)30-15-16-6-9-19(24)10-7-16/h3-14H,2,15H2,1H3,(H,27,28)/b26-14-. The van der Waals surface area contributed by atoms with Crippen molar-refractivity contribution < 1.29 is 14.3 Å². The van der Waals surface area contributed by atoms with Gasteiger partial charge in [-0.15, -0.1) is 0 Å². The lowest BCUT2D eigenvalue weighted by atomic mass is 10.2. The molecule has 7 heteroatoms. The Labute approximate surface area is 197 Å². The fourth-order valence-corrected chi connectivity index (χ4v) is 3.40. The highest BCUT2D eigenvalue weighted by Gasteiger charge is 2.07. The molecule has 0 spiro atoms. The lowest BCUT2D eigenvalue weighted by Gasteiger charge is -2.12. The number of nitrogens with one attached hydrogen (secondary N) is 1. The number of hydrogen-bond donors (Lipinski definition) is 1. The highest BCUT2D eigenvalue weighted by Crippen LogP contribution is 2.29. The van der Waals surface area contributed by atoms with Crippen LogP contribution in [0, 0.1) is 3.57 Å². The second-order valence-corrected chi connectivity index (χ2v) is 8.43. The predicted octanol–water partition coefficient (Wildman–Crippen LogP) is 5.80. The first kappa shape index (κ1) is 22.3. The van der Waals surface area contributed by atoms with Gasteiger partial charge in [0.1, 0.15) is 6.61 Å². The van der Waals surface area contributed by atoms with Crippen LogP contribution >= 0.6 is 38.5 Å². The molecule has 0 aliphatic carbocycles. The number of hydrogen-bond acceptors (Lipinski definition) is 4. The number of amides is 1. The third-order valence-corrected chi connectivity index (χ3v) is 5.24. The molecule has 3 aromatic carbocycles. The average Bonchev–Trinajstić information content (AvgIpc) is 2.74. The normalized spacial score (nSPS) is 10.8. The van der Waals surface area contributed by atoms with Crippen LogP contribution in [-0.4, -0.2) is 18.7 Å². The zero-order chi connectivity index (χ0) is 21.3. The quantitative estimate of drug-likeness (QED) is 0.209. The number of halogens is 2. The minimum Gasteiger partial charge on any atom is -0.490 e. The van der Waals surface area contributed by atoms with Crippen molar-refractivity contribution in [2.24, 2.45) is 5.10 Å². The molecule has 0 aliphatic heterocycles. The number of nitrogens with zero attached hydrogens (tertiary/aromatic N) is 1. The minimum absolute atomic E-state index is 0.260. The number of carbonyl (C=O) groups is 1. The van der Waals surface area contributed by atoms with Crippen LogP contribution in [0.25, 0.3) is 0 Å². The van der Waals surface area contributed by atoms with Gasteiger partial charge in [-0.2, -0.15) is 5.10 Å². The molecule has 0 radical (unpaired) electrons. The van der Waals surface area contributed by atoms with E-state index in [1.807, 2.05) is 61.5 Å². The Balaban J connectivity index is 1.65. The fourth-order valence-electron chi connectivity index (χ4n) is 2.59. The first-order chi connectivity index (χ1) is 14.5. The maximum absolute atomic E-state index is 12.2. The summed E-state index contributed by atoms with van der Waals surface area (Å²) >= 11 is 5.59. The number of rotatable bonds is 8. The molecule has 0 fully saturated rings. The van der Waals surface area contributed by atoms with Gasteiger partial charge in [0.15, 0.2) is 11.5 Å². The van der Waals surface area contributed by atoms with E-state index >= 15 is 0 Å². The molecule has 0 saturated heterocycles. The predicted molar refractivity (Wildman–Crippen MR) is 130 cm³/mol. The van der Waals surface area contributed by atoms with Crippen molar-refractivity contribution in [2.75, 3.05) is 6.61 Å². The maximum atomic E-state index is 12.2. The van der Waals surface area contributed by atoms with Crippen LogP contribution in [-0.2, 0) is 6.61 Å². The topological polar surface area (TPSA) is 59.9 Å². The summed E-state index contributed by atoms with van der Waals surface area (Å²) in [5.41, 5.74) is 4.95. The molecule has 0 atom stereocenters. The van der Waals surface area contributed by atoms with Crippen LogP contribution in [0.15, 0.2) is 76.3 Å². The van der Waals surface area contributed by atoms with E-state index in [-0.39, 0.29) is 5.91 Å². The Morgan fingerprint density at radius 2 is 1.87 bits per heavy atom. The van der Waals surface area contributed by atoms with E-state index in [1.165, 1.54) is 0 Å². The second-order valence-electron chi connectivity index (χ2n) is 6.26. The third-order valence-electron chi connectivity index (χ3n) is 4.04. The van der Waals surface area contributed by atoms with E-state index in [0.29, 0.717) is 30.3 Å². The van der Waals surface area contributed by atoms with Crippen molar-refractivity contribution >= 4 is 50.6 Å². The molecule has 0 bridgehead atoms. The molecule has 1 N–H and O–H groups in total. The highest BCUT2D eigenvalue weighted by atomic mass is 127. The molecule has 0 aliphatic rings. The molecule has 0 heterocycles. The van der Waals surface area contributed by atoms with Crippen molar-refractivity contribution in [3.05, 3.63) is 91.5 Å². The lowest BCUT2D eigenvalue weighted by Crippen LogP contribution is -2.17. The van der Waals surface area contributed by atoms with Crippen molar-refractivity contribution in [3.8, 4) is 11.5 Å². The van der Waals surface area contributed by atoms with Crippen molar-refractivity contribution in [3.63, 3.8) is 0 Å². The van der Waals surface area contributed by atoms with Crippen molar-refractivity contribution in [1.29, 1.82) is 0 Å². The Hall–Kier alpha value is -2.39. The number of carbonyl (C=O) groups excluding carboxylic acids is 1. The SMILES string of the molecule is CCOc1cc(/C=N\NC(=O)c2cccc(I)c2)ccc1OCc1ccc(Br)cc1. The van der Waals surface area contributed by atoms with Crippen molar-refractivity contribution in [2.45, 2.75) is 13.5 Å². The summed E-state index contributed by atoms with van der Waals surface area (Å²) in [7, 11) is 0. The van der Waals surface area contributed by atoms with E-state index < -0.39 is 0 Å². The molecule has 1 amide bonds. The molecule has 30 heavy (non-hydrogen) atoms. The van der Waals surface area contributed by atoms with Crippen LogP contribution in [0.5, 0.6) is 11.5 Å². The smallest absolute Gasteiger partial charge is 0.271 e. The van der Waals surface area contributed by atoms with Crippen LogP contribution in [0.2, 0.25) is 0 Å². The summed E-state index contributed by atoms with van der Waals surface area (Å²) in [6.45, 7) is 2.87. The van der Waals surface area contributed by atoms with E-state index in [2.05, 4.69) is 49.0 Å². The van der Waals surface area contributed by atoms with Gasteiger partial charge in [-0.25, -0.2) is 5.43 Å². The number of benzene rings is 3. The summed E-state index contributed by atoms with van der Waals surface area (Å²) in [6, 6.07) is 20.8. The monoisotopic (exact) mass is 578 g/mol. The summed E-state index contributed by atoms with van der Waals surface area (Å²) in [5, 5.41) is 4.05. The van der Waals surface area contributed by atoms with Gasteiger partial charge < -0.3 is 9.47 Å². The first-order valence-corrected chi connectivity index (χ1v) is 11.2. The molecule has 0 unspecified atom stereocenters. The summed E-state index contributed by atoms with van der Waals surface area (Å²) < 4.78 is 13.7.